The third kappa shape index (κ3) is 8.14. The van der Waals surface area contributed by atoms with E-state index in [2.05, 4.69) is 22.9 Å². The van der Waals surface area contributed by atoms with Crippen molar-refractivity contribution in [2.75, 3.05) is 25.2 Å². The molecule has 2 atom stereocenters. The zero-order chi connectivity index (χ0) is 12.3. The van der Waals surface area contributed by atoms with Crippen molar-refractivity contribution in [3.63, 3.8) is 0 Å². The van der Waals surface area contributed by atoms with Gasteiger partial charge in [-0.3, -0.25) is 0 Å². The predicted molar refractivity (Wildman–Crippen MR) is 72.6 cm³/mol. The molecule has 102 valence electrons. The Labute approximate surface area is 113 Å². The summed E-state index contributed by atoms with van der Waals surface area (Å²) < 4.78 is 16.5. The van der Waals surface area contributed by atoms with E-state index in [9.17, 15) is 0 Å². The van der Waals surface area contributed by atoms with E-state index in [1.807, 2.05) is 0 Å². The third-order valence-electron chi connectivity index (χ3n) is 2.91. The first kappa shape index (κ1) is 15.4. The Bertz CT molecular complexity index is 172. The summed E-state index contributed by atoms with van der Waals surface area (Å²) in [5.74, 6) is 0. The van der Waals surface area contributed by atoms with Crippen molar-refractivity contribution in [3.8, 4) is 0 Å². The molecule has 0 bridgehead atoms. The summed E-state index contributed by atoms with van der Waals surface area (Å²) in [6.45, 7) is 4.05. The van der Waals surface area contributed by atoms with E-state index < -0.39 is 0 Å². The number of rotatable bonds is 9. The quantitative estimate of drug-likeness (QED) is 0.482. The van der Waals surface area contributed by atoms with Gasteiger partial charge in [0, 0.05) is 5.33 Å². The van der Waals surface area contributed by atoms with Crippen molar-refractivity contribution in [1.82, 2.24) is 0 Å². The van der Waals surface area contributed by atoms with Gasteiger partial charge in [-0.1, -0.05) is 41.6 Å². The van der Waals surface area contributed by atoms with Gasteiger partial charge < -0.3 is 14.2 Å². The highest BCUT2D eigenvalue weighted by Crippen LogP contribution is 2.13. The maximum Gasteiger partial charge on any atom is 0.181 e. The standard InChI is InChI=1S/C13H25BrO3/c1-12(7-5-3-2-4-6-8-14)17-13-11-15-9-10-16-13/h12-13H,2-11H2,1H3. The molecule has 0 amide bonds. The fourth-order valence-electron chi connectivity index (χ4n) is 1.93. The van der Waals surface area contributed by atoms with Crippen LogP contribution in [0.15, 0.2) is 0 Å². The fraction of sp³-hybridized carbons (Fsp3) is 1.00. The van der Waals surface area contributed by atoms with Crippen LogP contribution in [0.3, 0.4) is 0 Å². The Hall–Kier alpha value is 0.360. The minimum Gasteiger partial charge on any atom is -0.374 e. The second-order valence-corrected chi connectivity index (χ2v) is 5.36. The highest BCUT2D eigenvalue weighted by molar-refractivity contribution is 9.09. The number of hydrogen-bond donors (Lipinski definition) is 0. The smallest absolute Gasteiger partial charge is 0.181 e. The predicted octanol–water partition coefficient (Wildman–Crippen LogP) is 3.50. The molecule has 1 rings (SSSR count). The van der Waals surface area contributed by atoms with Gasteiger partial charge in [0.15, 0.2) is 6.29 Å². The average Bonchev–Trinajstić information content (AvgIpc) is 2.35. The van der Waals surface area contributed by atoms with Gasteiger partial charge in [-0.2, -0.15) is 0 Å². The molecule has 0 spiro atoms. The van der Waals surface area contributed by atoms with Crippen LogP contribution in [0.2, 0.25) is 0 Å². The van der Waals surface area contributed by atoms with Crippen molar-refractivity contribution >= 4 is 15.9 Å². The van der Waals surface area contributed by atoms with Crippen LogP contribution in [0, 0.1) is 0 Å². The zero-order valence-corrected chi connectivity index (χ0v) is 12.4. The molecule has 0 aromatic carbocycles. The summed E-state index contributed by atoms with van der Waals surface area (Å²) in [5.41, 5.74) is 0. The van der Waals surface area contributed by atoms with Crippen LogP contribution in [0.4, 0.5) is 0 Å². The Morgan fingerprint density at radius 1 is 1.18 bits per heavy atom. The Balaban J connectivity index is 1.91. The van der Waals surface area contributed by atoms with Crippen LogP contribution in [0.25, 0.3) is 0 Å². The van der Waals surface area contributed by atoms with Crippen LogP contribution in [0.1, 0.15) is 45.4 Å². The molecule has 1 aliphatic heterocycles. The monoisotopic (exact) mass is 308 g/mol. The lowest BCUT2D eigenvalue weighted by atomic mass is 10.1. The van der Waals surface area contributed by atoms with Crippen molar-refractivity contribution in [1.29, 1.82) is 0 Å². The molecule has 0 N–H and O–H groups in total. The fourth-order valence-corrected chi connectivity index (χ4v) is 2.32. The van der Waals surface area contributed by atoms with E-state index in [0.717, 1.165) is 11.8 Å². The Kier molecular flexibility index (Phi) is 9.34. The lowest BCUT2D eigenvalue weighted by Crippen LogP contribution is -2.33. The van der Waals surface area contributed by atoms with Gasteiger partial charge in [-0.05, 0) is 19.8 Å². The molecule has 0 saturated carbocycles. The minimum absolute atomic E-state index is 0.146. The van der Waals surface area contributed by atoms with Gasteiger partial charge >= 0.3 is 0 Å². The first-order chi connectivity index (χ1) is 8.33. The molecular formula is C13H25BrO3. The van der Waals surface area contributed by atoms with Crippen LogP contribution >= 0.6 is 15.9 Å². The summed E-state index contributed by atoms with van der Waals surface area (Å²) in [4.78, 5) is 0. The van der Waals surface area contributed by atoms with Gasteiger partial charge in [0.05, 0.1) is 25.9 Å². The van der Waals surface area contributed by atoms with E-state index in [4.69, 9.17) is 14.2 Å². The van der Waals surface area contributed by atoms with Crippen LogP contribution in [0.5, 0.6) is 0 Å². The molecule has 4 heteroatoms. The van der Waals surface area contributed by atoms with Crippen LogP contribution in [-0.4, -0.2) is 37.5 Å². The number of hydrogen-bond acceptors (Lipinski definition) is 3. The normalized spacial score (nSPS) is 22.6. The molecule has 0 aromatic rings. The second-order valence-electron chi connectivity index (χ2n) is 4.57. The van der Waals surface area contributed by atoms with Crippen LogP contribution < -0.4 is 0 Å². The molecule has 1 aliphatic rings. The van der Waals surface area contributed by atoms with Gasteiger partial charge in [0.25, 0.3) is 0 Å². The molecular weight excluding hydrogens is 284 g/mol. The van der Waals surface area contributed by atoms with Gasteiger partial charge in [-0.25, -0.2) is 0 Å². The second kappa shape index (κ2) is 10.3. The van der Waals surface area contributed by atoms with E-state index >= 15 is 0 Å². The summed E-state index contributed by atoms with van der Waals surface area (Å²) in [6, 6.07) is 0. The van der Waals surface area contributed by atoms with Crippen molar-refractivity contribution < 1.29 is 14.2 Å². The maximum atomic E-state index is 5.76. The molecule has 0 aliphatic carbocycles. The zero-order valence-electron chi connectivity index (χ0n) is 10.8. The van der Waals surface area contributed by atoms with E-state index in [-0.39, 0.29) is 12.4 Å². The Morgan fingerprint density at radius 2 is 1.94 bits per heavy atom. The lowest BCUT2D eigenvalue weighted by Gasteiger charge is -2.26. The third-order valence-corrected chi connectivity index (χ3v) is 3.47. The van der Waals surface area contributed by atoms with E-state index in [0.29, 0.717) is 19.8 Å². The summed E-state index contributed by atoms with van der Waals surface area (Å²) in [7, 11) is 0. The molecule has 1 saturated heterocycles. The number of alkyl halides is 1. The molecule has 1 fully saturated rings. The molecule has 0 aromatic heterocycles. The summed E-state index contributed by atoms with van der Waals surface area (Å²) in [6.07, 6.45) is 7.76. The Morgan fingerprint density at radius 3 is 2.65 bits per heavy atom. The number of unbranched alkanes of at least 4 members (excludes halogenated alkanes) is 4. The SMILES string of the molecule is CC(CCCCCCCBr)OC1COCCO1. The largest absolute Gasteiger partial charge is 0.374 e. The number of ether oxygens (including phenoxy) is 3. The highest BCUT2D eigenvalue weighted by Gasteiger charge is 2.17. The van der Waals surface area contributed by atoms with Crippen LogP contribution in [-0.2, 0) is 14.2 Å². The molecule has 2 unspecified atom stereocenters. The molecule has 1 heterocycles. The minimum atomic E-state index is -0.146. The molecule has 17 heavy (non-hydrogen) atoms. The highest BCUT2D eigenvalue weighted by atomic mass is 79.9. The molecule has 0 radical (unpaired) electrons. The van der Waals surface area contributed by atoms with Crippen molar-refractivity contribution in [2.45, 2.75) is 57.8 Å². The number of halogens is 1. The maximum absolute atomic E-state index is 5.76. The van der Waals surface area contributed by atoms with Crippen molar-refractivity contribution in [3.05, 3.63) is 0 Å². The lowest BCUT2D eigenvalue weighted by molar-refractivity contribution is -0.228. The van der Waals surface area contributed by atoms with Gasteiger partial charge in [-0.15, -0.1) is 0 Å². The van der Waals surface area contributed by atoms with Gasteiger partial charge in [0.2, 0.25) is 0 Å². The topological polar surface area (TPSA) is 27.7 Å². The summed E-state index contributed by atoms with van der Waals surface area (Å²) in [5, 5.41) is 1.13. The van der Waals surface area contributed by atoms with Crippen molar-refractivity contribution in [2.24, 2.45) is 0 Å². The van der Waals surface area contributed by atoms with E-state index in [1.54, 1.807) is 0 Å². The first-order valence-electron chi connectivity index (χ1n) is 6.73. The average molecular weight is 309 g/mol. The summed E-state index contributed by atoms with van der Waals surface area (Å²) >= 11 is 3.45. The van der Waals surface area contributed by atoms with E-state index in [1.165, 1.54) is 32.1 Å². The first-order valence-corrected chi connectivity index (χ1v) is 7.86. The molecule has 3 nitrogen and oxygen atoms in total. The van der Waals surface area contributed by atoms with Gasteiger partial charge in [0.1, 0.15) is 0 Å².